The van der Waals surface area contributed by atoms with E-state index in [2.05, 4.69) is 20.9 Å². The average Bonchev–Trinajstić information content (AvgIpc) is 2.97. The molecule has 1 aromatic carbocycles. The summed E-state index contributed by atoms with van der Waals surface area (Å²) in [6.07, 6.45) is 1.59. The number of hydrazine groups is 1. The summed E-state index contributed by atoms with van der Waals surface area (Å²) < 4.78 is 1.76. The number of carbonyl (C=O) groups is 2. The molecule has 3 rings (SSSR count). The first-order chi connectivity index (χ1) is 13.4. The van der Waals surface area contributed by atoms with Crippen LogP contribution in [0.5, 0.6) is 0 Å². The Labute approximate surface area is 167 Å². The molecule has 0 aliphatic rings. The lowest BCUT2D eigenvalue weighted by atomic mass is 10.1. The van der Waals surface area contributed by atoms with Crippen molar-refractivity contribution in [3.8, 4) is 5.69 Å². The summed E-state index contributed by atoms with van der Waals surface area (Å²) in [5.74, 6) is -0.829. The van der Waals surface area contributed by atoms with Gasteiger partial charge in [0.05, 0.1) is 17.8 Å². The maximum atomic E-state index is 12.3. The molecule has 0 radical (unpaired) electrons. The molecule has 2 aromatic heterocycles. The summed E-state index contributed by atoms with van der Waals surface area (Å²) in [4.78, 5) is 28.2. The average molecular weight is 398 g/mol. The van der Waals surface area contributed by atoms with E-state index in [1.807, 2.05) is 39.0 Å². The molecule has 144 valence electrons. The Bertz CT molecular complexity index is 1030. The van der Waals surface area contributed by atoms with E-state index in [-0.39, 0.29) is 18.0 Å². The van der Waals surface area contributed by atoms with Crippen molar-refractivity contribution in [2.24, 2.45) is 0 Å². The Kier molecular flexibility index (Phi) is 5.75. The first kappa shape index (κ1) is 19.6. The largest absolute Gasteiger partial charge is 0.288 e. The molecule has 2 amide bonds. The molecule has 0 spiro atoms. The first-order valence-electron chi connectivity index (χ1n) is 8.68. The van der Waals surface area contributed by atoms with Crippen LogP contribution in [-0.4, -0.2) is 26.6 Å². The van der Waals surface area contributed by atoms with Crippen LogP contribution in [0.2, 0.25) is 5.02 Å². The number of amides is 2. The quantitative estimate of drug-likeness (QED) is 0.662. The van der Waals surface area contributed by atoms with Gasteiger partial charge < -0.3 is 0 Å². The molecule has 0 aliphatic carbocycles. The fraction of sp³-hybridized carbons (Fsp3) is 0.200. The highest BCUT2D eigenvalue weighted by atomic mass is 35.5. The fourth-order valence-corrected chi connectivity index (χ4v) is 2.96. The molecule has 7 nitrogen and oxygen atoms in total. The third-order valence-corrected chi connectivity index (χ3v) is 4.80. The highest BCUT2D eigenvalue weighted by Gasteiger charge is 2.17. The number of nitrogens with zero attached hydrogens (tertiary/aromatic N) is 3. The summed E-state index contributed by atoms with van der Waals surface area (Å²) >= 11 is 6.22. The van der Waals surface area contributed by atoms with Gasteiger partial charge in [0.15, 0.2) is 0 Å². The zero-order valence-corrected chi connectivity index (χ0v) is 16.5. The van der Waals surface area contributed by atoms with Crippen LogP contribution in [0, 0.1) is 20.8 Å². The number of carbonyl (C=O) groups excluding carboxylic acids is 2. The highest BCUT2D eigenvalue weighted by Crippen LogP contribution is 2.23. The summed E-state index contributed by atoms with van der Waals surface area (Å²) in [5.41, 5.74) is 9.17. The van der Waals surface area contributed by atoms with Crippen molar-refractivity contribution in [3.63, 3.8) is 0 Å². The minimum atomic E-state index is -0.479. The Morgan fingerprint density at radius 3 is 2.57 bits per heavy atom. The normalized spacial score (nSPS) is 10.6. The van der Waals surface area contributed by atoms with E-state index in [0.29, 0.717) is 5.02 Å². The third-order valence-electron chi connectivity index (χ3n) is 4.39. The van der Waals surface area contributed by atoms with Crippen LogP contribution in [0.1, 0.15) is 33.0 Å². The van der Waals surface area contributed by atoms with Gasteiger partial charge >= 0.3 is 0 Å². The summed E-state index contributed by atoms with van der Waals surface area (Å²) in [7, 11) is 0. The van der Waals surface area contributed by atoms with E-state index in [9.17, 15) is 9.59 Å². The van der Waals surface area contributed by atoms with Crippen molar-refractivity contribution in [1.29, 1.82) is 0 Å². The van der Waals surface area contributed by atoms with Crippen LogP contribution in [0.15, 0.2) is 42.6 Å². The smallest absolute Gasteiger partial charge is 0.273 e. The number of benzene rings is 1. The van der Waals surface area contributed by atoms with E-state index in [0.717, 1.165) is 28.2 Å². The van der Waals surface area contributed by atoms with Crippen molar-refractivity contribution in [2.75, 3.05) is 0 Å². The summed E-state index contributed by atoms with van der Waals surface area (Å²) in [6, 6.07) is 10.7. The second kappa shape index (κ2) is 8.22. The van der Waals surface area contributed by atoms with Crippen molar-refractivity contribution >= 4 is 23.4 Å². The maximum Gasteiger partial charge on any atom is 0.288 e. The molecular weight excluding hydrogens is 378 g/mol. The second-order valence-corrected chi connectivity index (χ2v) is 6.80. The summed E-state index contributed by atoms with van der Waals surface area (Å²) in [5, 5.41) is 5.18. The molecule has 0 aliphatic heterocycles. The minimum absolute atomic E-state index is 0.0831. The molecule has 0 atom stereocenters. The van der Waals surface area contributed by atoms with E-state index < -0.39 is 5.91 Å². The van der Waals surface area contributed by atoms with Gasteiger partial charge in [-0.2, -0.15) is 5.10 Å². The number of aryl methyl sites for hydroxylation is 2. The molecule has 0 fully saturated rings. The molecule has 2 N–H and O–H groups in total. The van der Waals surface area contributed by atoms with Gasteiger partial charge in [0.2, 0.25) is 5.91 Å². The number of pyridine rings is 1. The predicted molar refractivity (Wildman–Crippen MR) is 106 cm³/mol. The Morgan fingerprint density at radius 2 is 1.89 bits per heavy atom. The standard InChI is InChI=1S/C20H20ClN5O2/c1-12-7-8-15(10-17(12)21)26-14(3)16(13(2)25-26)11-19(27)23-24-20(28)18-6-4-5-9-22-18/h4-10H,11H2,1-3H3,(H,23,27)(H,24,28). The third kappa shape index (κ3) is 4.20. The van der Waals surface area contributed by atoms with Gasteiger partial charge in [-0.05, 0) is 50.6 Å². The van der Waals surface area contributed by atoms with Gasteiger partial charge in [-0.3, -0.25) is 25.4 Å². The van der Waals surface area contributed by atoms with Crippen molar-refractivity contribution in [2.45, 2.75) is 27.2 Å². The minimum Gasteiger partial charge on any atom is -0.273 e. The number of nitrogens with one attached hydrogen (secondary N) is 2. The van der Waals surface area contributed by atoms with Gasteiger partial charge in [0, 0.05) is 22.5 Å². The number of hydrogen-bond acceptors (Lipinski definition) is 4. The van der Waals surface area contributed by atoms with Crippen molar-refractivity contribution in [1.82, 2.24) is 25.6 Å². The molecule has 3 aromatic rings. The predicted octanol–water partition coefficient (Wildman–Crippen LogP) is 2.85. The first-order valence-corrected chi connectivity index (χ1v) is 9.06. The Hall–Kier alpha value is -3.19. The Morgan fingerprint density at radius 1 is 1.11 bits per heavy atom. The maximum absolute atomic E-state index is 12.3. The number of rotatable bonds is 4. The lowest BCUT2D eigenvalue weighted by Crippen LogP contribution is -2.42. The molecule has 8 heteroatoms. The Balaban J connectivity index is 1.70. The zero-order valence-electron chi connectivity index (χ0n) is 15.8. The molecule has 28 heavy (non-hydrogen) atoms. The van der Waals surface area contributed by atoms with Gasteiger partial charge in [-0.25, -0.2) is 4.68 Å². The van der Waals surface area contributed by atoms with Crippen LogP contribution in [0.25, 0.3) is 5.69 Å². The van der Waals surface area contributed by atoms with Crippen molar-refractivity contribution in [3.05, 3.63) is 75.8 Å². The molecule has 0 bridgehead atoms. The van der Waals surface area contributed by atoms with E-state index in [1.165, 1.54) is 6.20 Å². The van der Waals surface area contributed by atoms with Crippen LogP contribution in [0.4, 0.5) is 0 Å². The lowest BCUT2D eigenvalue weighted by molar-refractivity contribution is -0.121. The fourth-order valence-electron chi connectivity index (χ4n) is 2.79. The number of hydrogen-bond donors (Lipinski definition) is 2. The topological polar surface area (TPSA) is 88.9 Å². The van der Waals surface area contributed by atoms with Crippen LogP contribution < -0.4 is 10.9 Å². The van der Waals surface area contributed by atoms with E-state index in [4.69, 9.17) is 11.6 Å². The monoisotopic (exact) mass is 397 g/mol. The van der Waals surface area contributed by atoms with Gasteiger partial charge in [-0.1, -0.05) is 23.7 Å². The van der Waals surface area contributed by atoms with Gasteiger partial charge in [-0.15, -0.1) is 0 Å². The molecule has 0 saturated heterocycles. The van der Waals surface area contributed by atoms with E-state index in [1.54, 1.807) is 22.9 Å². The zero-order chi connectivity index (χ0) is 20.3. The van der Waals surface area contributed by atoms with E-state index >= 15 is 0 Å². The van der Waals surface area contributed by atoms with Crippen LogP contribution in [0.3, 0.4) is 0 Å². The molecule has 0 saturated carbocycles. The van der Waals surface area contributed by atoms with Gasteiger partial charge in [0.1, 0.15) is 5.69 Å². The lowest BCUT2D eigenvalue weighted by Gasteiger charge is -2.08. The number of halogens is 1. The molecular formula is C20H20ClN5O2. The molecule has 0 unspecified atom stereocenters. The molecule has 2 heterocycles. The van der Waals surface area contributed by atoms with Crippen molar-refractivity contribution < 1.29 is 9.59 Å². The van der Waals surface area contributed by atoms with Gasteiger partial charge in [0.25, 0.3) is 5.91 Å². The SMILES string of the molecule is Cc1ccc(-n2nc(C)c(CC(=O)NNC(=O)c3ccccn3)c2C)cc1Cl. The number of aromatic nitrogens is 3. The van der Waals surface area contributed by atoms with Crippen LogP contribution >= 0.6 is 11.6 Å². The highest BCUT2D eigenvalue weighted by molar-refractivity contribution is 6.31. The second-order valence-electron chi connectivity index (χ2n) is 6.39. The summed E-state index contributed by atoms with van der Waals surface area (Å²) in [6.45, 7) is 5.67. The van der Waals surface area contributed by atoms with Crippen LogP contribution in [-0.2, 0) is 11.2 Å².